The van der Waals surface area contributed by atoms with Gasteiger partial charge in [0.05, 0.1) is 11.4 Å². The van der Waals surface area contributed by atoms with Crippen LogP contribution in [-0.4, -0.2) is 33.8 Å². The Hall–Kier alpha value is -4.99. The van der Waals surface area contributed by atoms with Crippen LogP contribution in [0.5, 0.6) is 0 Å². The first-order chi connectivity index (χ1) is 16.6. The lowest BCUT2D eigenvalue weighted by Gasteiger charge is -2.11. The summed E-state index contributed by atoms with van der Waals surface area (Å²) in [6, 6.07) is 23.8. The van der Waals surface area contributed by atoms with Gasteiger partial charge in [0.1, 0.15) is 0 Å². The number of hydrogen-bond donors (Lipinski definition) is 4. The molecule has 1 unspecified atom stereocenters. The first-order valence-corrected chi connectivity index (χ1v) is 10.3. The van der Waals surface area contributed by atoms with Gasteiger partial charge in [0.15, 0.2) is 5.84 Å². The smallest absolute Gasteiger partial charge is 0.317 e. The Morgan fingerprint density at radius 1 is 0.941 bits per heavy atom. The van der Waals surface area contributed by atoms with E-state index in [0.29, 0.717) is 22.5 Å². The van der Waals surface area contributed by atoms with Crippen molar-refractivity contribution in [1.82, 2.24) is 10.2 Å². The number of para-hydroxylation sites is 1. The highest BCUT2D eigenvalue weighted by Gasteiger charge is 2.27. The van der Waals surface area contributed by atoms with Crippen LogP contribution in [0.4, 0.5) is 11.7 Å². The van der Waals surface area contributed by atoms with Crippen molar-refractivity contribution in [3.05, 3.63) is 95.6 Å². The number of benzodiazepines with no additional fused rings is 1. The molecule has 1 aliphatic rings. The molecule has 0 radical (unpaired) electrons. The fourth-order valence-corrected chi connectivity index (χ4v) is 3.53. The molecule has 0 spiro atoms. The standard InChI is InChI=1S/C24H18N8O2/c25-20(30-26)15-10-12-16(13-11-15)23-31-32-24(34-23)29-21-22(33)27-18-9-5-4-8-17(18)19(28-21)14-6-2-1-3-7-14/h1-13,21,25-26H,(H,27,33)(H,29,32). The fourth-order valence-electron chi connectivity index (χ4n) is 3.53. The minimum atomic E-state index is -1.00. The molecule has 0 saturated heterocycles. The third kappa shape index (κ3) is 4.07. The molecule has 1 aliphatic heterocycles. The topological polar surface area (TPSA) is 152 Å². The molecule has 0 aliphatic carbocycles. The quantitative estimate of drug-likeness (QED) is 0.203. The minimum absolute atomic E-state index is 0.0373. The van der Waals surface area contributed by atoms with Crippen molar-refractivity contribution in [1.29, 1.82) is 10.9 Å². The van der Waals surface area contributed by atoms with Crippen molar-refractivity contribution in [2.24, 2.45) is 10.1 Å². The lowest BCUT2D eigenvalue weighted by molar-refractivity contribution is -0.116. The summed E-state index contributed by atoms with van der Waals surface area (Å²) in [6.45, 7) is 0. The summed E-state index contributed by atoms with van der Waals surface area (Å²) in [5.74, 6) is -0.278. The lowest BCUT2D eigenvalue weighted by atomic mass is 10.0. The monoisotopic (exact) mass is 450 g/mol. The third-order valence-electron chi connectivity index (χ3n) is 5.20. The zero-order valence-electron chi connectivity index (χ0n) is 17.7. The molecule has 1 atom stereocenters. The van der Waals surface area contributed by atoms with Gasteiger partial charge in [0.2, 0.25) is 12.1 Å². The summed E-state index contributed by atoms with van der Waals surface area (Å²) >= 11 is 0. The van der Waals surface area contributed by atoms with Crippen molar-refractivity contribution in [2.45, 2.75) is 6.17 Å². The van der Waals surface area contributed by atoms with Crippen molar-refractivity contribution >= 4 is 29.2 Å². The number of aliphatic imine (C=N–C) groups is 1. The van der Waals surface area contributed by atoms with Gasteiger partial charge >= 0.3 is 6.01 Å². The normalized spacial score (nSPS) is 14.9. The van der Waals surface area contributed by atoms with Crippen LogP contribution in [0.2, 0.25) is 0 Å². The number of carbonyl (C=O) groups excluding carboxylic acids is 1. The fraction of sp³-hybridized carbons (Fsp3) is 0.0417. The van der Waals surface area contributed by atoms with Gasteiger partial charge in [-0.1, -0.05) is 65.8 Å². The largest absolute Gasteiger partial charge is 0.403 e. The van der Waals surface area contributed by atoms with Gasteiger partial charge in [0, 0.05) is 22.3 Å². The molecule has 2 heterocycles. The highest BCUT2D eigenvalue weighted by atomic mass is 16.4. The Bertz CT molecular complexity index is 1410. The molecule has 1 aromatic heterocycles. The Morgan fingerprint density at radius 2 is 1.68 bits per heavy atom. The Balaban J connectivity index is 1.44. The first-order valence-electron chi connectivity index (χ1n) is 10.3. The Kier molecular flexibility index (Phi) is 5.45. The Morgan fingerprint density at radius 3 is 2.44 bits per heavy atom. The van der Waals surface area contributed by atoms with Crippen molar-refractivity contribution in [2.75, 3.05) is 10.6 Å². The molecule has 0 bridgehead atoms. The van der Waals surface area contributed by atoms with Crippen LogP contribution >= 0.6 is 0 Å². The zero-order chi connectivity index (χ0) is 23.5. The summed E-state index contributed by atoms with van der Waals surface area (Å²) in [7, 11) is 0. The number of anilines is 2. The van der Waals surface area contributed by atoms with Gasteiger partial charge in [-0.25, -0.2) is 10.5 Å². The summed E-state index contributed by atoms with van der Waals surface area (Å²) in [4.78, 5) is 17.6. The maximum Gasteiger partial charge on any atom is 0.317 e. The average Bonchev–Trinajstić information content (AvgIpc) is 3.30. The maximum absolute atomic E-state index is 12.9. The second-order valence-corrected chi connectivity index (χ2v) is 7.38. The maximum atomic E-state index is 12.9. The van der Waals surface area contributed by atoms with Crippen molar-refractivity contribution < 1.29 is 9.21 Å². The van der Waals surface area contributed by atoms with Crippen LogP contribution in [0.1, 0.15) is 16.7 Å². The molecule has 0 fully saturated rings. The number of hydrogen-bond acceptors (Lipinski definition) is 8. The van der Waals surface area contributed by atoms with E-state index >= 15 is 0 Å². The summed E-state index contributed by atoms with van der Waals surface area (Å²) < 4.78 is 5.71. The van der Waals surface area contributed by atoms with Crippen LogP contribution < -0.4 is 10.6 Å². The van der Waals surface area contributed by atoms with Crippen LogP contribution in [-0.2, 0) is 4.79 Å². The number of rotatable bonds is 5. The van der Waals surface area contributed by atoms with E-state index in [1.54, 1.807) is 24.3 Å². The average molecular weight is 450 g/mol. The highest BCUT2D eigenvalue weighted by Crippen LogP contribution is 2.26. The molecule has 4 N–H and O–H groups in total. The first kappa shape index (κ1) is 20.9. The van der Waals surface area contributed by atoms with E-state index in [2.05, 4.69) is 25.9 Å². The van der Waals surface area contributed by atoms with E-state index in [1.807, 2.05) is 54.6 Å². The SMILES string of the molecule is N=NC(=N)c1ccc(-c2nnc(NC3N=C(c4ccccc4)c4ccccc4NC3=O)o2)cc1. The van der Waals surface area contributed by atoms with Gasteiger partial charge in [-0.2, -0.15) is 0 Å². The molecule has 1 amide bonds. The van der Waals surface area contributed by atoms with E-state index in [1.165, 1.54) is 0 Å². The van der Waals surface area contributed by atoms with Crippen LogP contribution in [0.15, 0.2) is 93.4 Å². The third-order valence-corrected chi connectivity index (χ3v) is 5.20. The van der Waals surface area contributed by atoms with E-state index in [-0.39, 0.29) is 23.6 Å². The molecule has 34 heavy (non-hydrogen) atoms. The molecule has 10 nitrogen and oxygen atoms in total. The number of fused-ring (bicyclic) bond motifs is 1. The number of carbonyl (C=O) groups is 1. The summed E-state index contributed by atoms with van der Waals surface area (Å²) in [5.41, 5.74) is 11.1. The van der Waals surface area contributed by atoms with Gasteiger partial charge in [-0.3, -0.25) is 10.2 Å². The Labute approximate surface area is 193 Å². The van der Waals surface area contributed by atoms with Crippen molar-refractivity contribution in [3.8, 4) is 11.5 Å². The van der Waals surface area contributed by atoms with Crippen LogP contribution in [0.3, 0.4) is 0 Å². The second-order valence-electron chi connectivity index (χ2n) is 7.38. The lowest BCUT2D eigenvalue weighted by Crippen LogP contribution is -2.32. The summed E-state index contributed by atoms with van der Waals surface area (Å²) in [6.07, 6.45) is -1.00. The number of benzene rings is 3. The molecule has 0 saturated carbocycles. The van der Waals surface area contributed by atoms with E-state index < -0.39 is 6.17 Å². The van der Waals surface area contributed by atoms with Gasteiger partial charge in [0.25, 0.3) is 5.91 Å². The molecular weight excluding hydrogens is 432 g/mol. The molecule has 3 aromatic carbocycles. The number of aromatic nitrogens is 2. The van der Waals surface area contributed by atoms with E-state index in [4.69, 9.17) is 20.3 Å². The van der Waals surface area contributed by atoms with Gasteiger partial charge in [-0.15, -0.1) is 10.2 Å². The molecule has 5 rings (SSSR count). The predicted molar refractivity (Wildman–Crippen MR) is 126 cm³/mol. The molecule has 4 aromatic rings. The zero-order valence-corrected chi connectivity index (χ0v) is 17.7. The van der Waals surface area contributed by atoms with Gasteiger partial charge in [-0.05, 0) is 18.2 Å². The van der Waals surface area contributed by atoms with E-state index in [9.17, 15) is 4.79 Å². The molecule has 166 valence electrons. The molecule has 10 heteroatoms. The summed E-state index contributed by atoms with van der Waals surface area (Å²) in [5, 5.41) is 24.6. The number of nitrogens with one attached hydrogen (secondary N) is 4. The molecular formula is C24H18N8O2. The van der Waals surface area contributed by atoms with Crippen LogP contribution in [0, 0.1) is 10.9 Å². The van der Waals surface area contributed by atoms with E-state index in [0.717, 1.165) is 11.1 Å². The second kappa shape index (κ2) is 8.87. The predicted octanol–water partition coefficient (Wildman–Crippen LogP) is 4.32. The number of amides is 1. The van der Waals surface area contributed by atoms with Crippen molar-refractivity contribution in [3.63, 3.8) is 0 Å². The minimum Gasteiger partial charge on any atom is -0.403 e. The van der Waals surface area contributed by atoms with Crippen LogP contribution in [0.25, 0.3) is 11.5 Å². The van der Waals surface area contributed by atoms with Gasteiger partial charge < -0.3 is 15.1 Å². The number of amidine groups is 1. The number of nitrogens with zero attached hydrogens (tertiary/aromatic N) is 4. The highest BCUT2D eigenvalue weighted by molar-refractivity contribution is 6.19.